The fourth-order valence-corrected chi connectivity index (χ4v) is 3.57. The molecule has 9 heteroatoms. The summed E-state index contributed by atoms with van der Waals surface area (Å²) in [7, 11) is 1.85. The van der Waals surface area contributed by atoms with Gasteiger partial charge in [0.05, 0.1) is 5.75 Å². The van der Waals surface area contributed by atoms with E-state index < -0.39 is 0 Å². The Labute approximate surface area is 151 Å². The molecule has 4 aromatic rings. The minimum absolute atomic E-state index is 0.131. The molecule has 3 heterocycles. The molecular formula is C16H13N5O2S2. The molecule has 0 unspecified atom stereocenters. The summed E-state index contributed by atoms with van der Waals surface area (Å²) in [4.78, 5) is 16.0. The van der Waals surface area contributed by atoms with Gasteiger partial charge in [-0.15, -0.1) is 21.5 Å². The van der Waals surface area contributed by atoms with Gasteiger partial charge >= 0.3 is 0 Å². The van der Waals surface area contributed by atoms with Crippen LogP contribution in [-0.4, -0.2) is 31.4 Å². The predicted molar refractivity (Wildman–Crippen MR) is 97.7 cm³/mol. The second kappa shape index (κ2) is 6.69. The maximum atomic E-state index is 11.9. The number of thiazole rings is 1. The van der Waals surface area contributed by atoms with Gasteiger partial charge in [-0.2, -0.15) is 0 Å². The number of furan rings is 1. The minimum atomic E-state index is -0.131. The lowest BCUT2D eigenvalue weighted by molar-refractivity contribution is -0.113. The van der Waals surface area contributed by atoms with Gasteiger partial charge in [-0.25, -0.2) is 4.98 Å². The van der Waals surface area contributed by atoms with Crippen LogP contribution in [0.3, 0.4) is 0 Å². The van der Waals surface area contributed by atoms with Crippen LogP contribution >= 0.6 is 23.1 Å². The third kappa shape index (κ3) is 3.28. The van der Waals surface area contributed by atoms with Crippen LogP contribution in [0.15, 0.2) is 51.5 Å². The van der Waals surface area contributed by atoms with Crippen LogP contribution in [0.1, 0.15) is 0 Å². The molecule has 0 saturated heterocycles. The van der Waals surface area contributed by atoms with Crippen molar-refractivity contribution in [2.24, 2.45) is 7.05 Å². The van der Waals surface area contributed by atoms with E-state index in [1.807, 2.05) is 47.3 Å². The standard InChI is InChI=1S/C16H13N5O2S2/c1-21-14(12-8-10-4-2-3-5-11(10)23-12)19-20-16(21)25-9-13(22)18-15-17-6-7-24-15/h2-8H,9H2,1H3,(H,17,18,22). The molecule has 3 aromatic heterocycles. The first-order chi connectivity index (χ1) is 12.2. The summed E-state index contributed by atoms with van der Waals surface area (Å²) < 4.78 is 7.64. The minimum Gasteiger partial charge on any atom is -0.453 e. The lowest BCUT2D eigenvalue weighted by atomic mass is 10.2. The average Bonchev–Trinajstić information content (AvgIpc) is 3.32. The number of rotatable bonds is 5. The summed E-state index contributed by atoms with van der Waals surface area (Å²) >= 11 is 2.69. The summed E-state index contributed by atoms with van der Waals surface area (Å²) in [5, 5.41) is 15.1. The fourth-order valence-electron chi connectivity index (χ4n) is 2.32. The molecule has 1 N–H and O–H groups in total. The quantitative estimate of drug-likeness (QED) is 0.541. The number of carbonyl (C=O) groups is 1. The van der Waals surface area contributed by atoms with E-state index in [2.05, 4.69) is 20.5 Å². The van der Waals surface area contributed by atoms with Gasteiger partial charge in [-0.1, -0.05) is 30.0 Å². The van der Waals surface area contributed by atoms with Crippen molar-refractivity contribution in [2.45, 2.75) is 5.16 Å². The van der Waals surface area contributed by atoms with E-state index in [-0.39, 0.29) is 11.7 Å². The summed E-state index contributed by atoms with van der Waals surface area (Å²) in [6.07, 6.45) is 1.65. The maximum Gasteiger partial charge on any atom is 0.236 e. The highest BCUT2D eigenvalue weighted by Crippen LogP contribution is 2.28. The lowest BCUT2D eigenvalue weighted by Gasteiger charge is -2.02. The summed E-state index contributed by atoms with van der Waals surface area (Å²) in [6.45, 7) is 0. The Bertz CT molecular complexity index is 989. The first-order valence-electron chi connectivity index (χ1n) is 7.41. The lowest BCUT2D eigenvalue weighted by Crippen LogP contribution is -2.14. The maximum absolute atomic E-state index is 11.9. The molecular weight excluding hydrogens is 358 g/mol. The summed E-state index contributed by atoms with van der Waals surface area (Å²) in [5.41, 5.74) is 0.803. The SMILES string of the molecule is Cn1c(SCC(=O)Nc2nccs2)nnc1-c1cc2ccccc2o1. The molecule has 4 rings (SSSR count). The zero-order valence-corrected chi connectivity index (χ0v) is 14.8. The van der Waals surface area contributed by atoms with Crippen LogP contribution in [0.25, 0.3) is 22.6 Å². The number of hydrogen-bond acceptors (Lipinski definition) is 7. The zero-order valence-electron chi connectivity index (χ0n) is 13.2. The van der Waals surface area contributed by atoms with Crippen LogP contribution in [0.5, 0.6) is 0 Å². The number of thioether (sulfide) groups is 1. The molecule has 1 aromatic carbocycles. The van der Waals surface area contributed by atoms with Gasteiger partial charge in [-0.05, 0) is 12.1 Å². The molecule has 0 aliphatic rings. The molecule has 0 bridgehead atoms. The molecule has 1 amide bonds. The van der Waals surface area contributed by atoms with Crippen LogP contribution in [0, 0.1) is 0 Å². The predicted octanol–water partition coefficient (Wildman–Crippen LogP) is 3.42. The Morgan fingerprint density at radius 1 is 1.36 bits per heavy atom. The average molecular weight is 371 g/mol. The largest absolute Gasteiger partial charge is 0.453 e. The van der Waals surface area contributed by atoms with E-state index in [1.165, 1.54) is 23.1 Å². The number of nitrogens with zero attached hydrogens (tertiary/aromatic N) is 4. The van der Waals surface area contributed by atoms with E-state index in [1.54, 1.807) is 6.20 Å². The number of aromatic nitrogens is 4. The number of benzene rings is 1. The Kier molecular flexibility index (Phi) is 4.24. The van der Waals surface area contributed by atoms with Crippen LogP contribution in [0.4, 0.5) is 5.13 Å². The number of carbonyl (C=O) groups excluding carboxylic acids is 1. The smallest absolute Gasteiger partial charge is 0.236 e. The Hall–Kier alpha value is -2.65. The zero-order chi connectivity index (χ0) is 17.2. The Morgan fingerprint density at radius 3 is 3.04 bits per heavy atom. The van der Waals surface area contributed by atoms with Crippen molar-refractivity contribution < 1.29 is 9.21 Å². The van der Waals surface area contributed by atoms with Crippen LogP contribution in [0.2, 0.25) is 0 Å². The van der Waals surface area contributed by atoms with Crippen LogP contribution < -0.4 is 5.32 Å². The van der Waals surface area contributed by atoms with Gasteiger partial charge in [0.1, 0.15) is 5.58 Å². The van der Waals surface area contributed by atoms with Gasteiger partial charge in [0.25, 0.3) is 0 Å². The van der Waals surface area contributed by atoms with E-state index in [9.17, 15) is 4.79 Å². The highest BCUT2D eigenvalue weighted by molar-refractivity contribution is 7.99. The van der Waals surface area contributed by atoms with Gasteiger partial charge in [0.15, 0.2) is 21.9 Å². The normalized spacial score (nSPS) is 11.1. The van der Waals surface area contributed by atoms with Crippen molar-refractivity contribution >= 4 is 45.1 Å². The van der Waals surface area contributed by atoms with Crippen molar-refractivity contribution in [1.82, 2.24) is 19.7 Å². The Balaban J connectivity index is 1.48. The summed E-state index contributed by atoms with van der Waals surface area (Å²) in [6, 6.07) is 9.71. The molecule has 0 atom stereocenters. The first kappa shape index (κ1) is 15.9. The van der Waals surface area contributed by atoms with Gasteiger partial charge in [-0.3, -0.25) is 4.79 Å². The number of hydrogen-bond donors (Lipinski definition) is 1. The molecule has 126 valence electrons. The molecule has 0 saturated carbocycles. The molecule has 0 radical (unpaired) electrons. The number of fused-ring (bicyclic) bond motifs is 1. The van der Waals surface area contributed by atoms with Gasteiger partial charge in [0, 0.05) is 24.0 Å². The van der Waals surface area contributed by atoms with Crippen molar-refractivity contribution in [3.8, 4) is 11.6 Å². The van der Waals surface area contributed by atoms with E-state index >= 15 is 0 Å². The highest BCUT2D eigenvalue weighted by Gasteiger charge is 2.16. The van der Waals surface area contributed by atoms with E-state index in [0.29, 0.717) is 21.9 Å². The van der Waals surface area contributed by atoms with Gasteiger partial charge in [0.2, 0.25) is 5.91 Å². The molecule has 0 fully saturated rings. The van der Waals surface area contributed by atoms with E-state index in [4.69, 9.17) is 4.42 Å². The van der Waals surface area contributed by atoms with Crippen molar-refractivity contribution in [3.63, 3.8) is 0 Å². The highest BCUT2D eigenvalue weighted by atomic mass is 32.2. The molecule has 7 nitrogen and oxygen atoms in total. The molecule has 0 aliphatic carbocycles. The number of nitrogens with one attached hydrogen (secondary N) is 1. The first-order valence-corrected chi connectivity index (χ1v) is 9.28. The number of amides is 1. The van der Waals surface area contributed by atoms with Crippen molar-refractivity contribution in [1.29, 1.82) is 0 Å². The second-order valence-electron chi connectivity index (χ2n) is 5.19. The third-order valence-electron chi connectivity index (χ3n) is 3.49. The number of para-hydroxylation sites is 1. The molecule has 0 aliphatic heterocycles. The third-order valence-corrected chi connectivity index (χ3v) is 5.20. The summed E-state index contributed by atoms with van der Waals surface area (Å²) in [5.74, 6) is 1.37. The topological polar surface area (TPSA) is 85.8 Å². The van der Waals surface area contributed by atoms with Crippen molar-refractivity contribution in [2.75, 3.05) is 11.1 Å². The molecule has 25 heavy (non-hydrogen) atoms. The van der Waals surface area contributed by atoms with Crippen molar-refractivity contribution in [3.05, 3.63) is 41.9 Å². The monoisotopic (exact) mass is 371 g/mol. The second-order valence-corrected chi connectivity index (χ2v) is 7.02. The van der Waals surface area contributed by atoms with Gasteiger partial charge < -0.3 is 14.3 Å². The fraction of sp³-hybridized carbons (Fsp3) is 0.125. The number of anilines is 1. The Morgan fingerprint density at radius 2 is 2.24 bits per heavy atom. The molecule has 0 spiro atoms. The van der Waals surface area contributed by atoms with E-state index in [0.717, 1.165) is 11.0 Å². The van der Waals surface area contributed by atoms with Crippen LogP contribution in [-0.2, 0) is 11.8 Å².